The predicted molar refractivity (Wildman–Crippen MR) is 85.9 cm³/mol. The molecule has 0 radical (unpaired) electrons. The van der Waals surface area contributed by atoms with Crippen molar-refractivity contribution in [1.82, 2.24) is 4.90 Å². The number of rotatable bonds is 3. The van der Waals surface area contributed by atoms with Gasteiger partial charge in [0, 0.05) is 37.9 Å². The maximum atomic E-state index is 2.58. The van der Waals surface area contributed by atoms with Gasteiger partial charge in [-0.15, -0.1) is 0 Å². The number of hydrogen-bond donors (Lipinski definition) is 0. The Morgan fingerprint density at radius 1 is 1.05 bits per heavy atom. The Labute approximate surface area is 119 Å². The van der Waals surface area contributed by atoms with E-state index in [9.17, 15) is 0 Å². The van der Waals surface area contributed by atoms with Crippen LogP contribution in [0.3, 0.4) is 0 Å². The van der Waals surface area contributed by atoms with Gasteiger partial charge in [-0.1, -0.05) is 32.0 Å². The van der Waals surface area contributed by atoms with Gasteiger partial charge in [-0.05, 0) is 38.8 Å². The SMILES string of the molecule is CC.CC(C)N1CCC(N(C)c2ccccc2)CC1. The normalized spacial score (nSPS) is 16.9. The minimum Gasteiger partial charge on any atom is -0.372 e. The minimum atomic E-state index is 0.693. The molecule has 0 unspecified atom stereocenters. The van der Waals surface area contributed by atoms with Crippen molar-refractivity contribution in [3.63, 3.8) is 0 Å². The summed E-state index contributed by atoms with van der Waals surface area (Å²) in [5.74, 6) is 0. The van der Waals surface area contributed by atoms with Gasteiger partial charge in [-0.2, -0.15) is 0 Å². The van der Waals surface area contributed by atoms with Crippen LogP contribution in [-0.4, -0.2) is 37.1 Å². The first-order valence-electron chi connectivity index (χ1n) is 7.70. The summed E-state index contributed by atoms with van der Waals surface area (Å²) in [5, 5.41) is 0. The van der Waals surface area contributed by atoms with E-state index in [1.54, 1.807) is 0 Å². The summed E-state index contributed by atoms with van der Waals surface area (Å²) in [6, 6.07) is 12.1. The molecule has 1 fully saturated rings. The summed E-state index contributed by atoms with van der Waals surface area (Å²) < 4.78 is 0. The van der Waals surface area contributed by atoms with Crippen LogP contribution >= 0.6 is 0 Å². The fraction of sp³-hybridized carbons (Fsp3) is 0.647. The highest BCUT2D eigenvalue weighted by molar-refractivity contribution is 5.46. The van der Waals surface area contributed by atoms with E-state index in [2.05, 4.69) is 61.0 Å². The van der Waals surface area contributed by atoms with Gasteiger partial charge in [0.25, 0.3) is 0 Å². The van der Waals surface area contributed by atoms with E-state index in [-0.39, 0.29) is 0 Å². The predicted octanol–water partition coefficient (Wildman–Crippen LogP) is 4.02. The van der Waals surface area contributed by atoms with Gasteiger partial charge >= 0.3 is 0 Å². The number of anilines is 1. The zero-order valence-corrected chi connectivity index (χ0v) is 13.3. The average Bonchev–Trinajstić information content (AvgIpc) is 2.49. The zero-order chi connectivity index (χ0) is 14.3. The van der Waals surface area contributed by atoms with Crippen LogP contribution in [0.2, 0.25) is 0 Å². The van der Waals surface area contributed by atoms with E-state index >= 15 is 0 Å². The maximum Gasteiger partial charge on any atom is 0.0366 e. The van der Waals surface area contributed by atoms with Gasteiger partial charge in [0.2, 0.25) is 0 Å². The van der Waals surface area contributed by atoms with Crippen LogP contribution in [0.1, 0.15) is 40.5 Å². The molecule has 1 aromatic rings. The molecule has 2 heteroatoms. The largest absolute Gasteiger partial charge is 0.372 e. The fourth-order valence-corrected chi connectivity index (χ4v) is 2.66. The number of likely N-dealkylation sites (tertiary alicyclic amines) is 1. The standard InChI is InChI=1S/C15H24N2.C2H6/c1-13(2)17-11-9-15(10-12-17)16(3)14-7-5-4-6-8-14;1-2/h4-8,13,15H,9-12H2,1-3H3;1-2H3. The van der Waals surface area contributed by atoms with Gasteiger partial charge < -0.3 is 9.80 Å². The fourth-order valence-electron chi connectivity index (χ4n) is 2.66. The third kappa shape index (κ3) is 4.54. The molecule has 1 saturated heterocycles. The summed E-state index contributed by atoms with van der Waals surface area (Å²) in [6.45, 7) is 11.1. The first kappa shape index (κ1) is 16.0. The summed E-state index contributed by atoms with van der Waals surface area (Å²) in [5.41, 5.74) is 1.34. The van der Waals surface area contributed by atoms with Crippen LogP contribution in [0.25, 0.3) is 0 Å². The molecule has 0 spiro atoms. The number of nitrogens with zero attached hydrogens (tertiary/aromatic N) is 2. The molecule has 0 N–H and O–H groups in total. The molecule has 1 heterocycles. The molecular weight excluding hydrogens is 232 g/mol. The van der Waals surface area contributed by atoms with E-state index in [0.717, 1.165) is 0 Å². The molecule has 2 nitrogen and oxygen atoms in total. The van der Waals surface area contributed by atoms with E-state index < -0.39 is 0 Å². The molecule has 1 aliphatic heterocycles. The Bertz CT molecular complexity index is 326. The van der Waals surface area contributed by atoms with E-state index in [1.165, 1.54) is 31.6 Å². The third-order valence-electron chi connectivity index (χ3n) is 3.94. The molecule has 0 atom stereocenters. The van der Waals surface area contributed by atoms with Gasteiger partial charge in [0.1, 0.15) is 0 Å². The molecule has 0 bridgehead atoms. The Morgan fingerprint density at radius 3 is 2.05 bits per heavy atom. The van der Waals surface area contributed by atoms with Crippen molar-refractivity contribution in [2.75, 3.05) is 25.0 Å². The van der Waals surface area contributed by atoms with Crippen molar-refractivity contribution >= 4 is 5.69 Å². The lowest BCUT2D eigenvalue weighted by Crippen LogP contribution is -2.45. The van der Waals surface area contributed by atoms with Crippen molar-refractivity contribution in [3.05, 3.63) is 30.3 Å². The molecule has 0 amide bonds. The molecule has 2 rings (SSSR count). The molecule has 0 aromatic heterocycles. The monoisotopic (exact) mass is 262 g/mol. The van der Waals surface area contributed by atoms with Crippen molar-refractivity contribution < 1.29 is 0 Å². The average molecular weight is 262 g/mol. The van der Waals surface area contributed by atoms with Crippen molar-refractivity contribution in [3.8, 4) is 0 Å². The Kier molecular flexibility index (Phi) is 6.93. The van der Waals surface area contributed by atoms with Gasteiger partial charge in [-0.25, -0.2) is 0 Å². The van der Waals surface area contributed by atoms with Gasteiger partial charge in [0.05, 0.1) is 0 Å². The molecular formula is C17H30N2. The third-order valence-corrected chi connectivity index (χ3v) is 3.94. The quantitative estimate of drug-likeness (QED) is 0.811. The number of para-hydroxylation sites is 1. The topological polar surface area (TPSA) is 6.48 Å². The van der Waals surface area contributed by atoms with E-state index in [4.69, 9.17) is 0 Å². The highest BCUT2D eigenvalue weighted by atomic mass is 15.2. The van der Waals surface area contributed by atoms with Gasteiger partial charge in [0.15, 0.2) is 0 Å². The van der Waals surface area contributed by atoms with Crippen LogP contribution in [0.5, 0.6) is 0 Å². The molecule has 19 heavy (non-hydrogen) atoms. The smallest absolute Gasteiger partial charge is 0.0366 e. The minimum absolute atomic E-state index is 0.693. The number of hydrogen-bond acceptors (Lipinski definition) is 2. The zero-order valence-electron chi connectivity index (χ0n) is 13.3. The Balaban J connectivity index is 0.000000861. The second-order valence-corrected chi connectivity index (χ2v) is 5.31. The Hall–Kier alpha value is -1.02. The van der Waals surface area contributed by atoms with E-state index in [1.807, 2.05) is 13.8 Å². The van der Waals surface area contributed by atoms with Crippen molar-refractivity contribution in [1.29, 1.82) is 0 Å². The summed E-state index contributed by atoms with van der Waals surface area (Å²) >= 11 is 0. The highest BCUT2D eigenvalue weighted by Gasteiger charge is 2.23. The summed E-state index contributed by atoms with van der Waals surface area (Å²) in [4.78, 5) is 5.02. The number of piperidine rings is 1. The Morgan fingerprint density at radius 2 is 1.58 bits per heavy atom. The van der Waals surface area contributed by atoms with E-state index in [0.29, 0.717) is 12.1 Å². The second-order valence-electron chi connectivity index (χ2n) is 5.31. The lowest BCUT2D eigenvalue weighted by Gasteiger charge is -2.39. The molecule has 0 aliphatic carbocycles. The molecule has 1 aromatic carbocycles. The summed E-state index contributed by atoms with van der Waals surface area (Å²) in [6.07, 6.45) is 2.56. The van der Waals surface area contributed by atoms with Crippen LogP contribution in [-0.2, 0) is 0 Å². The lowest BCUT2D eigenvalue weighted by molar-refractivity contribution is 0.171. The van der Waals surface area contributed by atoms with Crippen molar-refractivity contribution in [2.45, 2.75) is 52.6 Å². The van der Waals surface area contributed by atoms with Crippen LogP contribution in [0.4, 0.5) is 5.69 Å². The molecule has 0 saturated carbocycles. The van der Waals surface area contributed by atoms with Crippen LogP contribution in [0.15, 0.2) is 30.3 Å². The lowest BCUT2D eigenvalue weighted by atomic mass is 10.0. The van der Waals surface area contributed by atoms with Crippen molar-refractivity contribution in [2.24, 2.45) is 0 Å². The van der Waals surface area contributed by atoms with Crippen LogP contribution in [0, 0.1) is 0 Å². The van der Waals surface area contributed by atoms with Crippen LogP contribution < -0.4 is 4.90 Å². The molecule has 108 valence electrons. The number of benzene rings is 1. The second kappa shape index (κ2) is 8.21. The highest BCUT2D eigenvalue weighted by Crippen LogP contribution is 2.22. The first-order chi connectivity index (χ1) is 9.18. The maximum absolute atomic E-state index is 2.58. The summed E-state index contributed by atoms with van der Waals surface area (Å²) in [7, 11) is 2.23. The van der Waals surface area contributed by atoms with Gasteiger partial charge in [-0.3, -0.25) is 0 Å². The first-order valence-corrected chi connectivity index (χ1v) is 7.70. The molecule has 1 aliphatic rings.